The van der Waals surface area contributed by atoms with Gasteiger partial charge in [0.1, 0.15) is 31.0 Å². The zero-order valence-corrected chi connectivity index (χ0v) is 26.9. The first-order valence-corrected chi connectivity index (χ1v) is 16.0. The maximum atomic E-state index is 13.8. The van der Waals surface area contributed by atoms with E-state index in [1.807, 2.05) is 60.7 Å². The van der Waals surface area contributed by atoms with Crippen LogP contribution in [0.3, 0.4) is 0 Å². The third kappa shape index (κ3) is 8.24. The van der Waals surface area contributed by atoms with Crippen molar-refractivity contribution >= 4 is 23.9 Å². The van der Waals surface area contributed by atoms with E-state index in [-0.39, 0.29) is 43.9 Å². The number of amides is 2. The zero-order valence-electron chi connectivity index (χ0n) is 26.9. The molecule has 0 aromatic heterocycles. The number of carbonyl (C=O) groups is 3. The fourth-order valence-electron chi connectivity index (χ4n) is 5.79. The first-order chi connectivity index (χ1) is 23.8. The average molecular weight is 673 g/mol. The lowest BCUT2D eigenvalue weighted by atomic mass is 9.91. The van der Waals surface area contributed by atoms with Gasteiger partial charge in [-0.05, 0) is 30.7 Å². The number of rotatable bonds is 14. The highest BCUT2D eigenvalue weighted by molar-refractivity contribution is 5.98. The third-order valence-electron chi connectivity index (χ3n) is 8.13. The second-order valence-corrected chi connectivity index (χ2v) is 11.5. The van der Waals surface area contributed by atoms with Crippen LogP contribution in [0.4, 0.5) is 0 Å². The molecular formula is C37H40N2O10. The van der Waals surface area contributed by atoms with E-state index in [9.17, 15) is 19.5 Å². The fraction of sp³-hybridized carbons (Fsp3) is 0.324. The topological polar surface area (TPSA) is 173 Å². The normalized spacial score (nSPS) is 20.8. The summed E-state index contributed by atoms with van der Waals surface area (Å²) >= 11 is 0. The van der Waals surface area contributed by atoms with Crippen molar-refractivity contribution in [2.45, 2.75) is 49.6 Å². The number of hydrogen-bond acceptors (Lipinski definition) is 10. The quantitative estimate of drug-likeness (QED) is 0.0971. The highest BCUT2D eigenvalue weighted by Crippen LogP contribution is 2.47. The minimum atomic E-state index is -1.41. The molecule has 0 spiro atoms. The van der Waals surface area contributed by atoms with Gasteiger partial charge in [-0.2, -0.15) is 0 Å². The van der Waals surface area contributed by atoms with Crippen LogP contribution < -0.4 is 10.6 Å². The van der Waals surface area contributed by atoms with E-state index in [0.717, 1.165) is 0 Å². The average Bonchev–Trinajstić information content (AvgIpc) is 3.53. The Morgan fingerprint density at radius 2 is 1.59 bits per heavy atom. The van der Waals surface area contributed by atoms with Crippen LogP contribution in [0.15, 0.2) is 103 Å². The van der Waals surface area contributed by atoms with Gasteiger partial charge in [-0.1, -0.05) is 78.9 Å². The summed E-state index contributed by atoms with van der Waals surface area (Å²) in [7, 11) is 0. The number of esters is 1. The van der Waals surface area contributed by atoms with Crippen molar-refractivity contribution in [2.24, 2.45) is 0 Å². The Labute approximate surface area is 284 Å². The Morgan fingerprint density at radius 1 is 0.939 bits per heavy atom. The molecule has 0 radical (unpaired) electrons. The van der Waals surface area contributed by atoms with E-state index >= 15 is 0 Å². The van der Waals surface area contributed by atoms with Crippen LogP contribution in [0.1, 0.15) is 40.4 Å². The highest BCUT2D eigenvalue weighted by atomic mass is 16.8. The maximum Gasteiger partial charge on any atom is 0.339 e. The highest BCUT2D eigenvalue weighted by Gasteiger charge is 2.55. The lowest BCUT2D eigenvalue weighted by Crippen LogP contribution is -2.54. The number of nitrogens with one attached hydrogen (secondary N) is 2. The molecule has 0 saturated carbocycles. The molecule has 1 aliphatic heterocycles. The predicted molar refractivity (Wildman–Crippen MR) is 178 cm³/mol. The number of carbonyl (C=O) groups excluding carboxylic acids is 3. The van der Waals surface area contributed by atoms with Crippen LogP contribution in [0.2, 0.25) is 0 Å². The van der Waals surface area contributed by atoms with Crippen molar-refractivity contribution in [3.05, 3.63) is 125 Å². The van der Waals surface area contributed by atoms with Gasteiger partial charge in [0, 0.05) is 29.7 Å². The predicted octanol–water partition coefficient (Wildman–Crippen LogP) is 2.18. The lowest BCUT2D eigenvalue weighted by molar-refractivity contribution is -0.157. The molecule has 5 rings (SSSR count). The summed E-state index contributed by atoms with van der Waals surface area (Å²) in [6, 6.07) is 24.0. The van der Waals surface area contributed by atoms with Crippen molar-refractivity contribution in [1.82, 2.24) is 10.6 Å². The number of aliphatic hydroxyl groups excluding tert-OH is 3. The Balaban J connectivity index is 1.50. The number of ether oxygens (including phenoxy) is 4. The summed E-state index contributed by atoms with van der Waals surface area (Å²) in [6.07, 6.45) is 0.462. The molecule has 1 heterocycles. The van der Waals surface area contributed by atoms with Gasteiger partial charge in [0.25, 0.3) is 0 Å². The van der Waals surface area contributed by atoms with Gasteiger partial charge in [-0.15, -0.1) is 0 Å². The second kappa shape index (κ2) is 16.5. The first kappa shape index (κ1) is 35.5. The Hall–Kier alpha value is -4.85. The van der Waals surface area contributed by atoms with Gasteiger partial charge < -0.3 is 44.9 Å². The third-order valence-corrected chi connectivity index (χ3v) is 8.13. The molecule has 0 bridgehead atoms. The van der Waals surface area contributed by atoms with E-state index in [1.54, 1.807) is 36.4 Å². The van der Waals surface area contributed by atoms with Crippen LogP contribution >= 0.6 is 0 Å². The van der Waals surface area contributed by atoms with Gasteiger partial charge in [-0.3, -0.25) is 9.59 Å². The fourth-order valence-corrected chi connectivity index (χ4v) is 5.79. The van der Waals surface area contributed by atoms with Gasteiger partial charge in [-0.25, -0.2) is 4.79 Å². The number of hydrogen-bond donors (Lipinski definition) is 5. The summed E-state index contributed by atoms with van der Waals surface area (Å²) in [6.45, 7) is 0.916. The van der Waals surface area contributed by atoms with Crippen molar-refractivity contribution in [3.63, 3.8) is 0 Å². The molecule has 3 aromatic rings. The number of aliphatic hydroxyl groups is 3. The molecule has 5 atom stereocenters. The van der Waals surface area contributed by atoms with Crippen molar-refractivity contribution in [1.29, 1.82) is 0 Å². The Morgan fingerprint density at radius 3 is 2.22 bits per heavy atom. The Kier molecular flexibility index (Phi) is 11.9. The molecule has 3 aromatic carbocycles. The molecule has 0 unspecified atom stereocenters. The summed E-state index contributed by atoms with van der Waals surface area (Å²) in [4.78, 5) is 40.2. The molecule has 12 nitrogen and oxygen atoms in total. The van der Waals surface area contributed by atoms with E-state index in [0.29, 0.717) is 16.7 Å². The van der Waals surface area contributed by atoms with Crippen LogP contribution in [0.5, 0.6) is 0 Å². The summed E-state index contributed by atoms with van der Waals surface area (Å²) in [5.41, 5.74) is 2.27. The van der Waals surface area contributed by atoms with Crippen LogP contribution in [0.25, 0.3) is 6.08 Å². The van der Waals surface area contributed by atoms with Gasteiger partial charge in [0.2, 0.25) is 17.6 Å². The van der Waals surface area contributed by atoms with Gasteiger partial charge in [0.05, 0.1) is 31.1 Å². The molecule has 5 N–H and O–H groups in total. The maximum absolute atomic E-state index is 13.8. The van der Waals surface area contributed by atoms with Gasteiger partial charge in [0.15, 0.2) is 0 Å². The summed E-state index contributed by atoms with van der Waals surface area (Å²) in [5, 5.41) is 33.5. The largest absolute Gasteiger partial charge is 0.499 e. The van der Waals surface area contributed by atoms with Gasteiger partial charge >= 0.3 is 5.97 Å². The molecule has 49 heavy (non-hydrogen) atoms. The summed E-state index contributed by atoms with van der Waals surface area (Å²) < 4.78 is 24.8. The van der Waals surface area contributed by atoms with E-state index < -0.39 is 54.0 Å². The van der Waals surface area contributed by atoms with Crippen molar-refractivity contribution in [2.75, 3.05) is 26.4 Å². The SMILES string of the molecule is C[C@H](O)[C@@H](NC(=O)C1=C[C@H]2OC(c3ccccc3)(c3ccccc3)O[C@H]2[C@H](OC(=O)c2ccccc2C=COCCO)C1)C(=O)NCCO. The second-order valence-electron chi connectivity index (χ2n) is 11.5. The standard InChI is InChI=1S/C37H40N2O10/c1-24(42)32(35(44)38-17-18-40)39-34(43)26-22-30(47-36(45)29-15-9-8-10-25(29)16-20-46-21-19-41)33-31(23-26)48-37(49-33,27-11-4-2-5-12-27)28-13-6-3-7-14-28/h2-16,20,23-24,30-33,40-42H,17-19,21-22H2,1H3,(H,38,44)(H,39,43)/t24-,30+,31+,32+,33-/m0/s1. The lowest BCUT2D eigenvalue weighted by Gasteiger charge is -2.32. The monoisotopic (exact) mass is 672 g/mol. The molecule has 258 valence electrons. The molecule has 1 saturated heterocycles. The molecular weight excluding hydrogens is 632 g/mol. The molecule has 12 heteroatoms. The van der Waals surface area contributed by atoms with E-state index in [1.165, 1.54) is 13.2 Å². The van der Waals surface area contributed by atoms with E-state index in [2.05, 4.69) is 10.6 Å². The molecule has 1 aliphatic carbocycles. The zero-order chi connectivity index (χ0) is 34.8. The minimum absolute atomic E-state index is 0.0567. The van der Waals surface area contributed by atoms with E-state index in [4.69, 9.17) is 29.2 Å². The molecule has 2 amide bonds. The molecule has 2 aliphatic rings. The minimum Gasteiger partial charge on any atom is -0.499 e. The van der Waals surface area contributed by atoms with Crippen molar-refractivity contribution in [3.8, 4) is 0 Å². The Bertz CT molecular complexity index is 1600. The van der Waals surface area contributed by atoms with Crippen LogP contribution in [-0.4, -0.2) is 89.9 Å². The number of fused-ring (bicyclic) bond motifs is 1. The van der Waals surface area contributed by atoms with Crippen LogP contribution in [0, 0.1) is 0 Å². The molecule has 1 fully saturated rings. The number of benzene rings is 3. The van der Waals surface area contributed by atoms with Crippen LogP contribution in [-0.2, 0) is 34.3 Å². The van der Waals surface area contributed by atoms with Crippen molar-refractivity contribution < 1.29 is 48.7 Å². The summed E-state index contributed by atoms with van der Waals surface area (Å²) in [5.74, 6) is -3.44. The first-order valence-electron chi connectivity index (χ1n) is 16.0. The smallest absolute Gasteiger partial charge is 0.339 e.